The fourth-order valence-electron chi connectivity index (χ4n) is 3.66. The van der Waals surface area contributed by atoms with Gasteiger partial charge in [0, 0.05) is 17.5 Å². The Balaban J connectivity index is 1.87. The zero-order valence-corrected chi connectivity index (χ0v) is 14.7. The highest BCUT2D eigenvalue weighted by atomic mass is 35.5. The van der Waals surface area contributed by atoms with Crippen LogP contribution in [0, 0.1) is 23.7 Å². The monoisotopic (exact) mass is 321 g/mol. The largest absolute Gasteiger partial charge is 0.356 e. The molecule has 1 aromatic rings. The topological polar surface area (TPSA) is 29.1 Å². The van der Waals surface area contributed by atoms with Crippen molar-refractivity contribution in [1.82, 2.24) is 5.32 Å². The summed E-state index contributed by atoms with van der Waals surface area (Å²) in [6.07, 6.45) is 4.31. The zero-order chi connectivity index (χ0) is 16.1. The van der Waals surface area contributed by atoms with Crippen LogP contribution in [0.4, 0.5) is 0 Å². The smallest absolute Gasteiger partial charge is 0.223 e. The molecule has 1 N–H and O–H groups in total. The van der Waals surface area contributed by atoms with Crippen molar-refractivity contribution >= 4 is 17.5 Å². The molecule has 0 aliphatic heterocycles. The molecule has 0 spiro atoms. The second-order valence-corrected chi connectivity index (χ2v) is 7.54. The van der Waals surface area contributed by atoms with Gasteiger partial charge in [0.15, 0.2) is 0 Å². The summed E-state index contributed by atoms with van der Waals surface area (Å²) in [6, 6.07) is 7.85. The lowest BCUT2D eigenvalue weighted by molar-refractivity contribution is -0.129. The van der Waals surface area contributed by atoms with Gasteiger partial charge in [-0.3, -0.25) is 4.79 Å². The van der Waals surface area contributed by atoms with Crippen molar-refractivity contribution in [3.05, 3.63) is 34.9 Å². The lowest BCUT2D eigenvalue weighted by atomic mass is 9.70. The Kier molecular flexibility index (Phi) is 6.31. The number of halogens is 1. The molecule has 0 bridgehead atoms. The van der Waals surface area contributed by atoms with E-state index in [2.05, 4.69) is 32.2 Å². The molecule has 0 heterocycles. The average Bonchev–Trinajstić information content (AvgIpc) is 2.46. The maximum atomic E-state index is 12.6. The third kappa shape index (κ3) is 4.74. The number of carbonyl (C=O) groups is 1. The molecule has 1 amide bonds. The van der Waals surface area contributed by atoms with Gasteiger partial charge in [-0.2, -0.15) is 0 Å². The van der Waals surface area contributed by atoms with Crippen LogP contribution in [0.3, 0.4) is 0 Å². The van der Waals surface area contributed by atoms with Crippen molar-refractivity contribution in [2.75, 3.05) is 6.54 Å². The fraction of sp³-hybridized carbons (Fsp3) is 0.632. The van der Waals surface area contributed by atoms with Crippen LogP contribution in [0.25, 0.3) is 0 Å². The molecule has 1 aromatic carbocycles. The van der Waals surface area contributed by atoms with Crippen molar-refractivity contribution in [2.24, 2.45) is 23.7 Å². The normalized spacial score (nSPS) is 25.2. The number of benzene rings is 1. The number of hydrogen-bond donors (Lipinski definition) is 1. The van der Waals surface area contributed by atoms with Gasteiger partial charge in [-0.05, 0) is 54.7 Å². The molecular weight excluding hydrogens is 294 g/mol. The van der Waals surface area contributed by atoms with Crippen LogP contribution in [0.15, 0.2) is 24.3 Å². The third-order valence-electron chi connectivity index (χ3n) is 4.96. The second-order valence-electron chi connectivity index (χ2n) is 7.10. The Labute approximate surface area is 139 Å². The first-order valence-corrected chi connectivity index (χ1v) is 8.87. The van der Waals surface area contributed by atoms with Crippen LogP contribution >= 0.6 is 11.6 Å². The predicted molar refractivity (Wildman–Crippen MR) is 93.0 cm³/mol. The molecule has 22 heavy (non-hydrogen) atoms. The van der Waals surface area contributed by atoms with Gasteiger partial charge in [-0.1, -0.05) is 50.9 Å². The Bertz CT molecular complexity index is 500. The van der Waals surface area contributed by atoms with E-state index in [1.54, 1.807) is 0 Å². The van der Waals surface area contributed by atoms with Crippen molar-refractivity contribution in [3.8, 4) is 0 Å². The minimum atomic E-state index is 0.183. The van der Waals surface area contributed by atoms with Gasteiger partial charge in [0.2, 0.25) is 5.91 Å². The van der Waals surface area contributed by atoms with E-state index in [4.69, 9.17) is 11.6 Å². The van der Waals surface area contributed by atoms with Gasteiger partial charge in [0.05, 0.1) is 0 Å². The van der Waals surface area contributed by atoms with E-state index >= 15 is 0 Å². The average molecular weight is 322 g/mol. The van der Waals surface area contributed by atoms with Crippen molar-refractivity contribution < 1.29 is 4.79 Å². The van der Waals surface area contributed by atoms with E-state index in [1.807, 2.05) is 18.2 Å². The number of rotatable bonds is 5. The molecule has 1 saturated carbocycles. The Hall–Kier alpha value is -1.02. The minimum Gasteiger partial charge on any atom is -0.356 e. The molecule has 0 saturated heterocycles. The molecular formula is C19H28ClNO. The van der Waals surface area contributed by atoms with Gasteiger partial charge in [0.25, 0.3) is 0 Å². The molecule has 122 valence electrons. The molecule has 3 atom stereocenters. The number of hydrogen-bond acceptors (Lipinski definition) is 1. The molecule has 1 aliphatic rings. The fourth-order valence-corrected chi connectivity index (χ4v) is 3.87. The SMILES string of the molecule is CC(C)[C@@H]1CC[C@@H](C)C[C@H]1C(=O)NCCc1cccc(Cl)c1. The Morgan fingerprint density at radius 3 is 2.82 bits per heavy atom. The van der Waals surface area contributed by atoms with Crippen LogP contribution in [0.1, 0.15) is 45.6 Å². The van der Waals surface area contributed by atoms with Gasteiger partial charge in [-0.25, -0.2) is 0 Å². The van der Waals surface area contributed by atoms with Crippen LogP contribution < -0.4 is 5.32 Å². The van der Waals surface area contributed by atoms with Crippen LogP contribution in [0.5, 0.6) is 0 Å². The lowest BCUT2D eigenvalue weighted by Gasteiger charge is -2.36. The molecule has 0 aromatic heterocycles. The van der Waals surface area contributed by atoms with Crippen LogP contribution in [0.2, 0.25) is 5.02 Å². The molecule has 0 unspecified atom stereocenters. The maximum absolute atomic E-state index is 12.6. The van der Waals surface area contributed by atoms with E-state index in [-0.39, 0.29) is 11.8 Å². The van der Waals surface area contributed by atoms with Crippen molar-refractivity contribution in [1.29, 1.82) is 0 Å². The highest BCUT2D eigenvalue weighted by Gasteiger charge is 2.35. The van der Waals surface area contributed by atoms with Gasteiger partial charge < -0.3 is 5.32 Å². The first kappa shape index (κ1) is 17.3. The summed E-state index contributed by atoms with van der Waals surface area (Å²) in [5.74, 6) is 2.20. The van der Waals surface area contributed by atoms with E-state index in [9.17, 15) is 4.79 Å². The van der Waals surface area contributed by atoms with Gasteiger partial charge >= 0.3 is 0 Å². The molecule has 2 nitrogen and oxygen atoms in total. The minimum absolute atomic E-state index is 0.183. The Morgan fingerprint density at radius 1 is 1.36 bits per heavy atom. The Morgan fingerprint density at radius 2 is 2.14 bits per heavy atom. The number of amides is 1. The predicted octanol–water partition coefficient (Wildman–Crippen LogP) is 4.71. The van der Waals surface area contributed by atoms with Crippen LogP contribution in [-0.2, 0) is 11.2 Å². The summed E-state index contributed by atoms with van der Waals surface area (Å²) in [4.78, 5) is 12.6. The summed E-state index contributed by atoms with van der Waals surface area (Å²) < 4.78 is 0. The van der Waals surface area contributed by atoms with Gasteiger partial charge in [0.1, 0.15) is 0 Å². The van der Waals surface area contributed by atoms with E-state index < -0.39 is 0 Å². The zero-order valence-electron chi connectivity index (χ0n) is 13.9. The first-order valence-electron chi connectivity index (χ1n) is 8.49. The summed E-state index contributed by atoms with van der Waals surface area (Å²) in [6.45, 7) is 7.44. The number of nitrogens with one attached hydrogen (secondary N) is 1. The van der Waals surface area contributed by atoms with E-state index in [1.165, 1.54) is 18.4 Å². The van der Waals surface area contributed by atoms with E-state index in [0.717, 1.165) is 17.9 Å². The summed E-state index contributed by atoms with van der Waals surface area (Å²) >= 11 is 5.99. The molecule has 2 rings (SSSR count). The van der Waals surface area contributed by atoms with Gasteiger partial charge in [-0.15, -0.1) is 0 Å². The molecule has 1 aliphatic carbocycles. The number of carbonyl (C=O) groups excluding carboxylic acids is 1. The van der Waals surface area contributed by atoms with Crippen LogP contribution in [-0.4, -0.2) is 12.5 Å². The van der Waals surface area contributed by atoms with Crippen molar-refractivity contribution in [3.63, 3.8) is 0 Å². The standard InChI is InChI=1S/C19H28ClNO/c1-13(2)17-8-7-14(3)11-18(17)19(22)21-10-9-15-5-4-6-16(20)12-15/h4-6,12-14,17-18H,7-11H2,1-3H3,(H,21,22)/t14-,17+,18-/m1/s1. The summed E-state index contributed by atoms with van der Waals surface area (Å²) in [5.41, 5.74) is 1.17. The molecule has 0 radical (unpaired) electrons. The summed E-state index contributed by atoms with van der Waals surface area (Å²) in [7, 11) is 0. The third-order valence-corrected chi connectivity index (χ3v) is 5.20. The highest BCUT2D eigenvalue weighted by Crippen LogP contribution is 2.38. The van der Waals surface area contributed by atoms with E-state index in [0.29, 0.717) is 24.3 Å². The summed E-state index contributed by atoms with van der Waals surface area (Å²) in [5, 5.41) is 3.90. The first-order chi connectivity index (χ1) is 10.5. The quantitative estimate of drug-likeness (QED) is 0.836. The molecule has 3 heteroatoms. The highest BCUT2D eigenvalue weighted by molar-refractivity contribution is 6.30. The molecule has 1 fully saturated rings. The lowest BCUT2D eigenvalue weighted by Crippen LogP contribution is -2.40. The maximum Gasteiger partial charge on any atom is 0.223 e. The second kappa shape index (κ2) is 8.01. The van der Waals surface area contributed by atoms with Crippen molar-refractivity contribution in [2.45, 2.75) is 46.5 Å².